The van der Waals surface area contributed by atoms with E-state index < -0.39 is 0 Å². The SMILES string of the molecule is CCCNC(=O)c1n[nH]c2ccc(C(=O)N3CCC4(CC3)CC(=O)c3nn(C(C)(C)C)cc3C4)cc12. The zero-order valence-electron chi connectivity index (χ0n) is 21.5. The van der Waals surface area contributed by atoms with Gasteiger partial charge in [0.15, 0.2) is 11.5 Å². The maximum atomic E-state index is 13.4. The molecule has 9 heteroatoms. The fourth-order valence-electron chi connectivity index (χ4n) is 5.37. The summed E-state index contributed by atoms with van der Waals surface area (Å²) in [5, 5.41) is 15.1. The molecular formula is C27H34N6O3. The molecule has 0 bridgehead atoms. The largest absolute Gasteiger partial charge is 0.351 e. The van der Waals surface area contributed by atoms with E-state index in [4.69, 9.17) is 0 Å². The summed E-state index contributed by atoms with van der Waals surface area (Å²) in [5.41, 5.74) is 2.91. The maximum absolute atomic E-state index is 13.4. The molecule has 1 aliphatic carbocycles. The summed E-state index contributed by atoms with van der Waals surface area (Å²) < 4.78 is 1.90. The highest BCUT2D eigenvalue weighted by Crippen LogP contribution is 2.43. The van der Waals surface area contributed by atoms with Crippen molar-refractivity contribution in [3.05, 3.63) is 46.9 Å². The van der Waals surface area contributed by atoms with Gasteiger partial charge in [-0.2, -0.15) is 10.2 Å². The molecule has 2 N–H and O–H groups in total. The van der Waals surface area contributed by atoms with Crippen molar-refractivity contribution >= 4 is 28.5 Å². The summed E-state index contributed by atoms with van der Waals surface area (Å²) in [5.74, 6) is -0.196. The van der Waals surface area contributed by atoms with Crippen LogP contribution in [-0.4, -0.2) is 62.1 Å². The second-order valence-electron chi connectivity index (χ2n) is 11.3. The lowest BCUT2D eigenvalue weighted by molar-refractivity contribution is 0.0519. The number of carbonyl (C=O) groups excluding carboxylic acids is 3. The number of fused-ring (bicyclic) bond motifs is 2. The average molecular weight is 491 g/mol. The topological polar surface area (TPSA) is 113 Å². The third-order valence-electron chi connectivity index (χ3n) is 7.51. The Kier molecular flexibility index (Phi) is 5.97. The zero-order chi connectivity index (χ0) is 25.7. The quantitative estimate of drug-likeness (QED) is 0.579. The molecule has 2 aliphatic rings. The minimum absolute atomic E-state index is 0.0590. The first-order valence-electron chi connectivity index (χ1n) is 12.8. The molecule has 0 unspecified atom stereocenters. The number of H-pyrrole nitrogens is 1. The van der Waals surface area contributed by atoms with E-state index in [1.54, 1.807) is 18.2 Å². The van der Waals surface area contributed by atoms with Gasteiger partial charge in [0.25, 0.3) is 11.8 Å². The summed E-state index contributed by atoms with van der Waals surface area (Å²) in [7, 11) is 0. The number of aromatic nitrogens is 4. The Morgan fingerprint density at radius 2 is 1.92 bits per heavy atom. The van der Waals surface area contributed by atoms with Gasteiger partial charge >= 0.3 is 0 Å². The molecule has 0 atom stereocenters. The molecule has 1 aliphatic heterocycles. The van der Waals surface area contributed by atoms with Crippen molar-refractivity contribution < 1.29 is 14.4 Å². The molecule has 1 fully saturated rings. The lowest BCUT2D eigenvalue weighted by atomic mass is 9.67. The number of hydrogen-bond acceptors (Lipinski definition) is 5. The smallest absolute Gasteiger partial charge is 0.272 e. The number of benzene rings is 1. The lowest BCUT2D eigenvalue weighted by Crippen LogP contribution is -2.46. The van der Waals surface area contributed by atoms with E-state index in [9.17, 15) is 14.4 Å². The summed E-state index contributed by atoms with van der Waals surface area (Å²) >= 11 is 0. The Morgan fingerprint density at radius 1 is 1.17 bits per heavy atom. The van der Waals surface area contributed by atoms with Crippen LogP contribution in [0.5, 0.6) is 0 Å². The van der Waals surface area contributed by atoms with Gasteiger partial charge in [0.05, 0.1) is 11.1 Å². The van der Waals surface area contributed by atoms with Crippen LogP contribution in [-0.2, 0) is 12.0 Å². The average Bonchev–Trinajstić information content (AvgIpc) is 3.47. The Morgan fingerprint density at radius 3 is 2.61 bits per heavy atom. The van der Waals surface area contributed by atoms with Crippen molar-refractivity contribution in [2.75, 3.05) is 19.6 Å². The van der Waals surface area contributed by atoms with Crippen molar-refractivity contribution in [3.8, 4) is 0 Å². The van der Waals surface area contributed by atoms with Crippen LogP contribution in [0.1, 0.15) is 90.3 Å². The number of nitrogens with one attached hydrogen (secondary N) is 2. The summed E-state index contributed by atoms with van der Waals surface area (Å²) in [6.07, 6.45) is 5.73. The first-order chi connectivity index (χ1) is 17.1. The minimum Gasteiger partial charge on any atom is -0.351 e. The second kappa shape index (κ2) is 8.87. The van der Waals surface area contributed by atoms with Gasteiger partial charge in [0, 0.05) is 48.8 Å². The van der Waals surface area contributed by atoms with Crippen LogP contribution in [0.3, 0.4) is 0 Å². The molecule has 190 valence electrons. The molecule has 9 nitrogen and oxygen atoms in total. The molecule has 5 rings (SSSR count). The summed E-state index contributed by atoms with van der Waals surface area (Å²) in [4.78, 5) is 40.7. The maximum Gasteiger partial charge on any atom is 0.272 e. The predicted molar refractivity (Wildman–Crippen MR) is 136 cm³/mol. The molecule has 2 amide bonds. The normalized spacial score (nSPS) is 17.4. The van der Waals surface area contributed by atoms with E-state index in [-0.39, 0.29) is 28.6 Å². The summed E-state index contributed by atoms with van der Waals surface area (Å²) in [6.45, 7) is 10.0. The number of rotatable bonds is 4. The van der Waals surface area contributed by atoms with Crippen molar-refractivity contribution in [3.63, 3.8) is 0 Å². The Hall–Kier alpha value is -3.49. The highest BCUT2D eigenvalue weighted by atomic mass is 16.2. The highest BCUT2D eigenvalue weighted by molar-refractivity contribution is 6.07. The number of nitrogens with zero attached hydrogens (tertiary/aromatic N) is 4. The molecule has 1 aromatic carbocycles. The molecule has 0 radical (unpaired) electrons. The molecule has 0 saturated carbocycles. The number of aromatic amines is 1. The number of ketones is 1. The van der Waals surface area contributed by atoms with Crippen LogP contribution in [0.2, 0.25) is 0 Å². The standard InChI is InChI=1S/C27H34N6O3/c1-5-10-28-24(35)23-19-13-17(6-7-20(19)29-30-23)25(36)32-11-8-27(9-12-32)14-18-16-33(26(2,3)4)31-22(18)21(34)15-27/h6-7,13,16H,5,8-12,14-15H2,1-4H3,(H,28,35)(H,29,30). The van der Waals surface area contributed by atoms with Gasteiger partial charge in [0.2, 0.25) is 0 Å². The Balaban J connectivity index is 1.30. The van der Waals surface area contributed by atoms with E-state index in [0.29, 0.717) is 48.4 Å². The number of piperidine rings is 1. The first-order valence-corrected chi connectivity index (χ1v) is 12.8. The molecule has 3 heterocycles. The Labute approximate surface area is 210 Å². The lowest BCUT2D eigenvalue weighted by Gasteiger charge is -2.43. The Bertz CT molecular complexity index is 1340. The van der Waals surface area contributed by atoms with Gasteiger partial charge in [-0.05, 0) is 70.1 Å². The molecule has 3 aromatic rings. The first kappa shape index (κ1) is 24.2. The van der Waals surface area contributed by atoms with E-state index in [0.717, 1.165) is 36.8 Å². The van der Waals surface area contributed by atoms with E-state index >= 15 is 0 Å². The monoisotopic (exact) mass is 490 g/mol. The second-order valence-corrected chi connectivity index (χ2v) is 11.3. The van der Waals surface area contributed by atoms with Crippen molar-refractivity contribution in [2.24, 2.45) is 5.41 Å². The molecule has 2 aromatic heterocycles. The predicted octanol–water partition coefficient (Wildman–Crippen LogP) is 3.71. The fraction of sp³-hybridized carbons (Fsp3) is 0.519. The van der Waals surface area contributed by atoms with Crippen molar-refractivity contribution in [1.82, 2.24) is 30.2 Å². The van der Waals surface area contributed by atoms with Crippen LogP contribution in [0, 0.1) is 5.41 Å². The third-order valence-corrected chi connectivity index (χ3v) is 7.51. The van der Waals surface area contributed by atoms with Crippen molar-refractivity contribution in [2.45, 2.75) is 65.3 Å². The number of amides is 2. The molecule has 1 spiro atoms. The van der Waals surface area contributed by atoms with Gasteiger partial charge in [0.1, 0.15) is 5.69 Å². The van der Waals surface area contributed by atoms with Gasteiger partial charge in [-0.3, -0.25) is 24.2 Å². The van der Waals surface area contributed by atoms with Crippen LogP contribution >= 0.6 is 0 Å². The van der Waals surface area contributed by atoms with Crippen LogP contribution in [0.25, 0.3) is 10.9 Å². The van der Waals surface area contributed by atoms with Gasteiger partial charge in [-0.1, -0.05) is 6.92 Å². The fourth-order valence-corrected chi connectivity index (χ4v) is 5.37. The van der Waals surface area contributed by atoms with Gasteiger partial charge in [-0.25, -0.2) is 0 Å². The molecular weight excluding hydrogens is 456 g/mol. The number of likely N-dealkylation sites (tertiary alicyclic amines) is 1. The minimum atomic E-state index is -0.247. The molecule has 36 heavy (non-hydrogen) atoms. The van der Waals surface area contributed by atoms with E-state index in [2.05, 4.69) is 41.4 Å². The molecule has 1 saturated heterocycles. The summed E-state index contributed by atoms with van der Waals surface area (Å²) in [6, 6.07) is 5.33. The van der Waals surface area contributed by atoms with Crippen LogP contribution in [0.15, 0.2) is 24.4 Å². The highest BCUT2D eigenvalue weighted by Gasteiger charge is 2.43. The van der Waals surface area contributed by atoms with Gasteiger partial charge < -0.3 is 10.2 Å². The van der Waals surface area contributed by atoms with Gasteiger partial charge in [-0.15, -0.1) is 0 Å². The zero-order valence-corrected chi connectivity index (χ0v) is 21.5. The number of Topliss-reactive ketones (excluding diaryl/α,β-unsaturated/α-hetero) is 1. The third kappa shape index (κ3) is 4.31. The number of carbonyl (C=O) groups is 3. The van der Waals surface area contributed by atoms with Crippen LogP contribution < -0.4 is 5.32 Å². The van der Waals surface area contributed by atoms with Crippen LogP contribution in [0.4, 0.5) is 0 Å². The van der Waals surface area contributed by atoms with E-state index in [1.807, 2.05) is 22.7 Å². The number of hydrogen-bond donors (Lipinski definition) is 2. The van der Waals surface area contributed by atoms with Crippen molar-refractivity contribution in [1.29, 1.82) is 0 Å². The van der Waals surface area contributed by atoms with E-state index in [1.165, 1.54) is 0 Å².